The summed E-state index contributed by atoms with van der Waals surface area (Å²) >= 11 is 0. The molecule has 0 saturated carbocycles. The lowest BCUT2D eigenvalue weighted by molar-refractivity contribution is 0.669. The highest BCUT2D eigenvalue weighted by atomic mass is 16.3. The topological polar surface area (TPSA) is 60.6 Å². The standard InChI is InChI=1S/C45H25N5O/c1-3-12-26(13-4-1)43-46-44(27-14-5-2-6-15-27)48-45(47-43)32-19-9-17-29-30-18-10-22-35-41(30)50(40(29)32)34-21-11-23-36-38(34)39-37(51-36)25-24-31-28-16-7-8-20-33(28)49(35)42(31)39/h1-25H. The van der Waals surface area contributed by atoms with Gasteiger partial charge in [0.1, 0.15) is 11.2 Å². The van der Waals surface area contributed by atoms with Gasteiger partial charge in [0.2, 0.25) is 0 Å². The lowest BCUT2D eigenvalue weighted by Gasteiger charge is -2.11. The monoisotopic (exact) mass is 651 g/mol. The molecule has 0 aliphatic heterocycles. The van der Waals surface area contributed by atoms with E-state index in [4.69, 9.17) is 19.4 Å². The number of hydrogen-bond donors (Lipinski definition) is 0. The van der Waals surface area contributed by atoms with Crippen molar-refractivity contribution < 1.29 is 4.42 Å². The number of furan rings is 1. The molecule has 6 nitrogen and oxygen atoms in total. The van der Waals surface area contributed by atoms with Crippen LogP contribution >= 0.6 is 0 Å². The summed E-state index contributed by atoms with van der Waals surface area (Å²) in [5, 5.41) is 6.93. The first kappa shape index (κ1) is 26.9. The van der Waals surface area contributed by atoms with Crippen LogP contribution in [-0.2, 0) is 0 Å². The molecule has 6 heteroatoms. The van der Waals surface area contributed by atoms with Crippen LogP contribution in [-0.4, -0.2) is 23.8 Å². The Labute approximate surface area is 289 Å². The van der Waals surface area contributed by atoms with Crippen LogP contribution in [0.15, 0.2) is 156 Å². The molecule has 5 heterocycles. The second kappa shape index (κ2) is 9.77. The number of aromatic nitrogens is 5. The summed E-state index contributed by atoms with van der Waals surface area (Å²) in [5.41, 5.74) is 11.2. The summed E-state index contributed by atoms with van der Waals surface area (Å²) in [6.07, 6.45) is 0. The molecule has 0 atom stereocenters. The van der Waals surface area contributed by atoms with Gasteiger partial charge in [-0.05, 0) is 42.5 Å². The Bertz CT molecular complexity index is 3300. The highest BCUT2D eigenvalue weighted by Gasteiger charge is 2.25. The van der Waals surface area contributed by atoms with Gasteiger partial charge in [-0.1, -0.05) is 109 Å². The van der Waals surface area contributed by atoms with Crippen molar-refractivity contribution in [2.75, 3.05) is 0 Å². The number of para-hydroxylation sites is 3. The van der Waals surface area contributed by atoms with Gasteiger partial charge < -0.3 is 13.2 Å². The summed E-state index contributed by atoms with van der Waals surface area (Å²) in [5.74, 6) is 1.89. The molecule has 7 aromatic carbocycles. The fourth-order valence-corrected chi connectivity index (χ4v) is 8.40. The molecule has 0 unspecified atom stereocenters. The van der Waals surface area contributed by atoms with Crippen LogP contribution in [0.25, 0.3) is 111 Å². The predicted octanol–water partition coefficient (Wildman–Crippen LogP) is 11.3. The van der Waals surface area contributed by atoms with E-state index in [1.807, 2.05) is 60.7 Å². The molecule has 236 valence electrons. The van der Waals surface area contributed by atoms with E-state index in [1.165, 1.54) is 16.3 Å². The minimum absolute atomic E-state index is 0.620. The summed E-state index contributed by atoms with van der Waals surface area (Å²) in [4.78, 5) is 15.4. The Balaban J connectivity index is 1.33. The van der Waals surface area contributed by atoms with Crippen LogP contribution in [0.5, 0.6) is 0 Å². The minimum atomic E-state index is 0.620. The van der Waals surface area contributed by atoms with Gasteiger partial charge in [-0.15, -0.1) is 0 Å². The maximum atomic E-state index is 6.65. The zero-order valence-electron chi connectivity index (χ0n) is 27.1. The largest absolute Gasteiger partial charge is 0.456 e. The third-order valence-electron chi connectivity index (χ3n) is 10.5. The van der Waals surface area contributed by atoms with Gasteiger partial charge in [-0.3, -0.25) is 0 Å². The second-order valence-electron chi connectivity index (χ2n) is 13.2. The third-order valence-corrected chi connectivity index (χ3v) is 10.5. The lowest BCUT2D eigenvalue weighted by Crippen LogP contribution is -2.01. The van der Waals surface area contributed by atoms with Crippen LogP contribution in [0, 0.1) is 0 Å². The highest BCUT2D eigenvalue weighted by Crippen LogP contribution is 2.45. The number of fused-ring (bicyclic) bond motifs is 8. The molecular formula is C45H25N5O. The fraction of sp³-hybridized carbons (Fsp3) is 0. The van der Waals surface area contributed by atoms with Crippen LogP contribution < -0.4 is 0 Å². The average molecular weight is 652 g/mol. The second-order valence-corrected chi connectivity index (χ2v) is 13.2. The quantitative estimate of drug-likeness (QED) is 0.191. The Morgan fingerprint density at radius 2 is 0.922 bits per heavy atom. The molecule has 51 heavy (non-hydrogen) atoms. The van der Waals surface area contributed by atoms with E-state index in [9.17, 15) is 0 Å². The van der Waals surface area contributed by atoms with E-state index in [0.29, 0.717) is 17.5 Å². The molecule has 0 aliphatic rings. The van der Waals surface area contributed by atoms with E-state index >= 15 is 0 Å². The van der Waals surface area contributed by atoms with Crippen molar-refractivity contribution in [3.63, 3.8) is 0 Å². The van der Waals surface area contributed by atoms with Gasteiger partial charge in [0.25, 0.3) is 0 Å². The Morgan fingerprint density at radius 3 is 1.71 bits per heavy atom. The third kappa shape index (κ3) is 3.52. The summed E-state index contributed by atoms with van der Waals surface area (Å²) in [6, 6.07) is 52.9. The molecule has 0 aliphatic carbocycles. The van der Waals surface area contributed by atoms with Gasteiger partial charge in [0.15, 0.2) is 17.5 Å². The molecule has 12 aromatic rings. The molecule has 0 spiro atoms. The fourth-order valence-electron chi connectivity index (χ4n) is 8.40. The molecule has 5 aromatic heterocycles. The molecule has 0 amide bonds. The van der Waals surface area contributed by atoms with Crippen molar-refractivity contribution in [3.05, 3.63) is 152 Å². The van der Waals surface area contributed by atoms with Crippen molar-refractivity contribution in [1.82, 2.24) is 23.8 Å². The van der Waals surface area contributed by atoms with Crippen LogP contribution in [0.3, 0.4) is 0 Å². The normalized spacial score (nSPS) is 12.3. The van der Waals surface area contributed by atoms with Crippen molar-refractivity contribution in [2.24, 2.45) is 0 Å². The van der Waals surface area contributed by atoms with E-state index in [0.717, 1.165) is 77.0 Å². The number of rotatable bonds is 3. The van der Waals surface area contributed by atoms with Gasteiger partial charge in [0, 0.05) is 38.2 Å². The SMILES string of the molecule is c1ccc(-c2nc(-c3ccccc3)nc(-c3cccc4c5cccc6c5n(c5cccc7oc8ccc9c%10ccccc%10n6c9c8c75)c34)n2)cc1. The number of benzene rings is 7. The van der Waals surface area contributed by atoms with Gasteiger partial charge in [-0.25, -0.2) is 15.0 Å². The Kier molecular flexibility index (Phi) is 5.14. The van der Waals surface area contributed by atoms with Crippen molar-refractivity contribution in [2.45, 2.75) is 0 Å². The summed E-state index contributed by atoms with van der Waals surface area (Å²) in [7, 11) is 0. The van der Waals surface area contributed by atoms with Crippen molar-refractivity contribution in [3.8, 4) is 34.2 Å². The van der Waals surface area contributed by atoms with Crippen LogP contribution in [0.2, 0.25) is 0 Å². The molecule has 12 rings (SSSR count). The zero-order valence-corrected chi connectivity index (χ0v) is 27.1. The maximum Gasteiger partial charge on any atom is 0.166 e. The number of hydrogen-bond acceptors (Lipinski definition) is 4. The van der Waals surface area contributed by atoms with E-state index in [-0.39, 0.29) is 0 Å². The predicted molar refractivity (Wildman–Crippen MR) is 207 cm³/mol. The first-order valence-electron chi connectivity index (χ1n) is 17.1. The molecule has 0 saturated heterocycles. The molecule has 0 fully saturated rings. The summed E-state index contributed by atoms with van der Waals surface area (Å²) < 4.78 is 11.5. The smallest absolute Gasteiger partial charge is 0.166 e. The zero-order chi connectivity index (χ0) is 33.2. The highest BCUT2D eigenvalue weighted by molar-refractivity contribution is 6.29. The maximum absolute atomic E-state index is 6.65. The molecule has 0 radical (unpaired) electrons. The average Bonchev–Trinajstić information content (AvgIpc) is 3.85. The van der Waals surface area contributed by atoms with Gasteiger partial charge >= 0.3 is 0 Å². The van der Waals surface area contributed by atoms with Crippen LogP contribution in [0.4, 0.5) is 0 Å². The number of nitrogens with zero attached hydrogens (tertiary/aromatic N) is 5. The van der Waals surface area contributed by atoms with Crippen molar-refractivity contribution >= 4 is 76.6 Å². The Morgan fingerprint density at radius 1 is 0.353 bits per heavy atom. The van der Waals surface area contributed by atoms with E-state index < -0.39 is 0 Å². The molecule has 0 bridgehead atoms. The van der Waals surface area contributed by atoms with E-state index in [1.54, 1.807) is 0 Å². The first-order chi connectivity index (χ1) is 25.3. The van der Waals surface area contributed by atoms with E-state index in [2.05, 4.69) is 99.8 Å². The van der Waals surface area contributed by atoms with Gasteiger partial charge in [-0.2, -0.15) is 0 Å². The molecule has 0 N–H and O–H groups in total. The van der Waals surface area contributed by atoms with Gasteiger partial charge in [0.05, 0.1) is 43.9 Å². The van der Waals surface area contributed by atoms with Crippen LogP contribution in [0.1, 0.15) is 0 Å². The Hall–Kier alpha value is -7.05. The lowest BCUT2D eigenvalue weighted by atomic mass is 10.1. The summed E-state index contributed by atoms with van der Waals surface area (Å²) in [6.45, 7) is 0. The van der Waals surface area contributed by atoms with Crippen molar-refractivity contribution in [1.29, 1.82) is 0 Å². The molecular weight excluding hydrogens is 627 g/mol. The minimum Gasteiger partial charge on any atom is -0.456 e. The first-order valence-corrected chi connectivity index (χ1v) is 17.1.